The topological polar surface area (TPSA) is 40.5 Å². The quantitative estimate of drug-likeness (QED) is 0.639. The van der Waals surface area contributed by atoms with E-state index in [1.165, 1.54) is 23.1 Å². The average molecular weight is 273 g/mol. The molecule has 0 amide bonds. The molecule has 1 N–H and O–H groups in total. The van der Waals surface area contributed by atoms with E-state index in [1.807, 2.05) is 0 Å². The van der Waals surface area contributed by atoms with Crippen LogP contribution in [0.5, 0.6) is 0 Å². The Morgan fingerprint density at radius 3 is 2.53 bits per heavy atom. The molecule has 0 saturated heterocycles. The van der Waals surface area contributed by atoms with Gasteiger partial charge in [0.1, 0.15) is 6.29 Å². The first-order valence-corrected chi connectivity index (χ1v) is 5.57. The predicted molar refractivity (Wildman–Crippen MR) is 66.3 cm³/mol. The van der Waals surface area contributed by atoms with Crippen LogP contribution in [0.1, 0.15) is 15.9 Å². The minimum atomic E-state index is -4.57. The molecule has 0 fully saturated rings. The van der Waals surface area contributed by atoms with Crippen molar-refractivity contribution >= 4 is 12.0 Å². The molecule has 0 aliphatic carbocycles. The number of nitrogens with zero attached hydrogens (tertiary/aromatic N) is 1. The highest BCUT2D eigenvalue weighted by Crippen LogP contribution is 2.37. The summed E-state index contributed by atoms with van der Waals surface area (Å²) in [6, 6.07) is 3.34. The fraction of sp³-hybridized carbons (Fsp3) is 0.308. The van der Waals surface area contributed by atoms with Gasteiger partial charge in [-0.05, 0) is 18.2 Å². The van der Waals surface area contributed by atoms with Crippen LogP contribution in [-0.2, 0) is 6.18 Å². The maximum absolute atomic E-state index is 13.0. The number of aliphatic hydroxyl groups excluding tert-OH is 1. The molecule has 104 valence electrons. The van der Waals surface area contributed by atoms with Gasteiger partial charge in [0.25, 0.3) is 0 Å². The second-order valence-electron chi connectivity index (χ2n) is 3.85. The molecule has 1 aromatic carbocycles. The van der Waals surface area contributed by atoms with Crippen molar-refractivity contribution in [3.63, 3.8) is 0 Å². The van der Waals surface area contributed by atoms with Gasteiger partial charge in [-0.25, -0.2) is 0 Å². The molecule has 0 bridgehead atoms. The van der Waals surface area contributed by atoms with Crippen molar-refractivity contribution in [3.8, 4) is 0 Å². The lowest BCUT2D eigenvalue weighted by Gasteiger charge is -2.26. The molecule has 1 aromatic rings. The Balaban J connectivity index is 3.31. The van der Waals surface area contributed by atoms with Gasteiger partial charge in [0.2, 0.25) is 0 Å². The zero-order chi connectivity index (χ0) is 14.5. The number of hydrogen-bond acceptors (Lipinski definition) is 3. The van der Waals surface area contributed by atoms with E-state index in [1.54, 1.807) is 0 Å². The molecule has 19 heavy (non-hydrogen) atoms. The maximum atomic E-state index is 13.0. The number of alkyl halides is 3. The first-order valence-electron chi connectivity index (χ1n) is 5.57. The van der Waals surface area contributed by atoms with E-state index in [-0.39, 0.29) is 30.9 Å². The van der Waals surface area contributed by atoms with E-state index >= 15 is 0 Å². The second-order valence-corrected chi connectivity index (χ2v) is 3.85. The van der Waals surface area contributed by atoms with Crippen LogP contribution in [0, 0.1) is 0 Å². The molecule has 0 aromatic heterocycles. The van der Waals surface area contributed by atoms with Crippen molar-refractivity contribution in [2.75, 3.05) is 24.6 Å². The van der Waals surface area contributed by atoms with E-state index in [9.17, 15) is 18.0 Å². The zero-order valence-corrected chi connectivity index (χ0v) is 10.2. The SMILES string of the molecule is C=CCN(CCO)c1ccc(C=O)cc1C(F)(F)F. The highest BCUT2D eigenvalue weighted by Gasteiger charge is 2.35. The lowest BCUT2D eigenvalue weighted by Crippen LogP contribution is -2.29. The van der Waals surface area contributed by atoms with Gasteiger partial charge in [0, 0.05) is 24.3 Å². The summed E-state index contributed by atoms with van der Waals surface area (Å²) in [5, 5.41) is 8.91. The Kier molecular flexibility index (Phi) is 5.11. The zero-order valence-electron chi connectivity index (χ0n) is 10.2. The van der Waals surface area contributed by atoms with Crippen LogP contribution in [0.4, 0.5) is 18.9 Å². The lowest BCUT2D eigenvalue weighted by molar-refractivity contribution is -0.137. The standard InChI is InChI=1S/C13H14F3NO2/c1-2-5-17(6-7-18)12-4-3-10(9-19)8-11(12)13(14,15)16/h2-4,8-9,18H,1,5-7H2. The number of aliphatic hydroxyl groups is 1. The van der Waals surface area contributed by atoms with E-state index in [0.29, 0.717) is 6.29 Å². The van der Waals surface area contributed by atoms with Gasteiger partial charge in [-0.3, -0.25) is 4.79 Å². The molecular formula is C13H14F3NO2. The third-order valence-corrected chi connectivity index (χ3v) is 2.52. The molecule has 6 heteroatoms. The van der Waals surface area contributed by atoms with Crippen molar-refractivity contribution in [2.24, 2.45) is 0 Å². The van der Waals surface area contributed by atoms with Crippen LogP contribution in [0.25, 0.3) is 0 Å². The summed E-state index contributed by atoms with van der Waals surface area (Å²) >= 11 is 0. The Hall–Kier alpha value is -1.82. The summed E-state index contributed by atoms with van der Waals surface area (Å²) in [4.78, 5) is 11.9. The fourth-order valence-electron chi connectivity index (χ4n) is 1.72. The van der Waals surface area contributed by atoms with Crippen LogP contribution in [0.3, 0.4) is 0 Å². The van der Waals surface area contributed by atoms with Crippen molar-refractivity contribution in [1.82, 2.24) is 0 Å². The number of carbonyl (C=O) groups excluding carboxylic acids is 1. The van der Waals surface area contributed by atoms with Crippen LogP contribution >= 0.6 is 0 Å². The first kappa shape index (κ1) is 15.2. The molecule has 1 rings (SSSR count). The second kappa shape index (κ2) is 6.38. The monoisotopic (exact) mass is 273 g/mol. The largest absolute Gasteiger partial charge is 0.418 e. The minimum absolute atomic E-state index is 0.0429. The smallest absolute Gasteiger partial charge is 0.395 e. The molecule has 0 aliphatic heterocycles. The van der Waals surface area contributed by atoms with Gasteiger partial charge in [-0.2, -0.15) is 13.2 Å². The Labute approximate surface area is 109 Å². The predicted octanol–water partition coefficient (Wildman–Crippen LogP) is 2.50. The summed E-state index contributed by atoms with van der Waals surface area (Å²) in [6.07, 6.45) is -2.75. The molecule has 0 spiro atoms. The maximum Gasteiger partial charge on any atom is 0.418 e. The third-order valence-electron chi connectivity index (χ3n) is 2.52. The van der Waals surface area contributed by atoms with E-state index in [2.05, 4.69) is 6.58 Å². The van der Waals surface area contributed by atoms with E-state index < -0.39 is 11.7 Å². The summed E-state index contributed by atoms with van der Waals surface area (Å²) < 4.78 is 38.9. The van der Waals surface area contributed by atoms with Crippen molar-refractivity contribution in [1.29, 1.82) is 0 Å². The fourth-order valence-corrected chi connectivity index (χ4v) is 1.72. The average Bonchev–Trinajstić information content (AvgIpc) is 2.37. The molecule has 0 aliphatic rings. The summed E-state index contributed by atoms with van der Waals surface area (Å²) in [7, 11) is 0. The summed E-state index contributed by atoms with van der Waals surface area (Å²) in [5.41, 5.74) is -1.02. The Morgan fingerprint density at radius 1 is 1.37 bits per heavy atom. The Bertz CT molecular complexity index is 458. The number of carbonyl (C=O) groups is 1. The number of rotatable bonds is 6. The van der Waals surface area contributed by atoms with Crippen LogP contribution in [0.2, 0.25) is 0 Å². The van der Waals surface area contributed by atoms with Crippen molar-refractivity contribution in [2.45, 2.75) is 6.18 Å². The molecule has 0 atom stereocenters. The van der Waals surface area contributed by atoms with Gasteiger partial charge in [0.05, 0.1) is 12.2 Å². The van der Waals surface area contributed by atoms with Gasteiger partial charge in [-0.15, -0.1) is 6.58 Å². The first-order chi connectivity index (χ1) is 8.93. The van der Waals surface area contributed by atoms with Gasteiger partial charge in [-0.1, -0.05) is 6.08 Å². The van der Waals surface area contributed by atoms with Gasteiger partial charge >= 0.3 is 6.18 Å². The van der Waals surface area contributed by atoms with E-state index in [0.717, 1.165) is 6.07 Å². The summed E-state index contributed by atoms with van der Waals surface area (Å²) in [6.45, 7) is 3.42. The number of halogens is 3. The van der Waals surface area contributed by atoms with Crippen LogP contribution < -0.4 is 4.90 Å². The molecular weight excluding hydrogens is 259 g/mol. The number of anilines is 1. The van der Waals surface area contributed by atoms with Crippen LogP contribution in [-0.4, -0.2) is 31.1 Å². The molecule has 0 unspecified atom stereocenters. The number of benzene rings is 1. The normalized spacial score (nSPS) is 11.2. The number of aldehydes is 1. The molecule has 0 heterocycles. The van der Waals surface area contributed by atoms with Gasteiger partial charge < -0.3 is 10.0 Å². The van der Waals surface area contributed by atoms with Crippen LogP contribution in [0.15, 0.2) is 30.9 Å². The van der Waals surface area contributed by atoms with Crippen molar-refractivity contribution < 1.29 is 23.1 Å². The Morgan fingerprint density at radius 2 is 2.05 bits per heavy atom. The highest BCUT2D eigenvalue weighted by atomic mass is 19.4. The molecule has 0 radical (unpaired) electrons. The van der Waals surface area contributed by atoms with E-state index in [4.69, 9.17) is 5.11 Å². The summed E-state index contributed by atoms with van der Waals surface area (Å²) in [5.74, 6) is 0. The molecule has 0 saturated carbocycles. The van der Waals surface area contributed by atoms with Crippen molar-refractivity contribution in [3.05, 3.63) is 42.0 Å². The molecule has 3 nitrogen and oxygen atoms in total. The third kappa shape index (κ3) is 3.82. The van der Waals surface area contributed by atoms with Gasteiger partial charge in [0.15, 0.2) is 0 Å². The number of hydrogen-bond donors (Lipinski definition) is 1. The lowest BCUT2D eigenvalue weighted by atomic mass is 10.1. The minimum Gasteiger partial charge on any atom is -0.395 e. The highest BCUT2D eigenvalue weighted by molar-refractivity contribution is 5.77.